The van der Waals surface area contributed by atoms with Crippen molar-refractivity contribution in [3.63, 3.8) is 0 Å². The van der Waals surface area contributed by atoms with E-state index in [9.17, 15) is 0 Å². The van der Waals surface area contributed by atoms with Gasteiger partial charge in [0, 0.05) is 28.4 Å². The van der Waals surface area contributed by atoms with Crippen LogP contribution in [0.5, 0.6) is 0 Å². The largest absolute Gasteiger partial charge is 0.399 e. The van der Waals surface area contributed by atoms with Crippen LogP contribution in [0.25, 0.3) is 22.3 Å². The quantitative estimate of drug-likeness (QED) is 0.208. The Morgan fingerprint density at radius 3 is 1.25 bits per heavy atom. The van der Waals surface area contributed by atoms with Gasteiger partial charge in [-0.25, -0.2) is 0 Å². The van der Waals surface area contributed by atoms with Crippen molar-refractivity contribution in [3.05, 3.63) is 134 Å². The molecule has 0 saturated heterocycles. The van der Waals surface area contributed by atoms with E-state index in [0.717, 1.165) is 50.7 Å². The molecule has 0 heterocycles. The molecule has 0 unspecified atom stereocenters. The van der Waals surface area contributed by atoms with E-state index in [4.69, 9.17) is 11.5 Å². The highest BCUT2D eigenvalue weighted by molar-refractivity contribution is 5.76. The van der Waals surface area contributed by atoms with E-state index < -0.39 is 0 Å². The molecule has 0 aliphatic carbocycles. The fraction of sp³-hybridized carbons (Fsp3) is 0.0909. The molecular formula is C33H35N3. The first-order valence-electron chi connectivity index (χ1n) is 12.3. The van der Waals surface area contributed by atoms with Crippen molar-refractivity contribution >= 4 is 22.7 Å². The SMILES string of the molecule is C=C/C=C(\C=C/C)N(c1ccc(-c2ccc(N)cc2)cc1)c1ccc(-c2ccc(N)cc2)cc1.CC. The Hall–Kier alpha value is -4.50. The number of nitrogens with zero attached hydrogens (tertiary/aromatic N) is 1. The number of anilines is 4. The first-order valence-corrected chi connectivity index (χ1v) is 12.3. The lowest BCUT2D eigenvalue weighted by Gasteiger charge is -2.27. The second kappa shape index (κ2) is 12.8. The zero-order chi connectivity index (χ0) is 25.9. The van der Waals surface area contributed by atoms with Gasteiger partial charge in [-0.2, -0.15) is 0 Å². The van der Waals surface area contributed by atoms with Crippen molar-refractivity contribution in [3.8, 4) is 22.3 Å². The highest BCUT2D eigenvalue weighted by atomic mass is 15.1. The van der Waals surface area contributed by atoms with E-state index in [0.29, 0.717) is 0 Å². The van der Waals surface area contributed by atoms with Crippen molar-refractivity contribution in [2.45, 2.75) is 20.8 Å². The molecule has 0 bridgehead atoms. The third-order valence-corrected chi connectivity index (χ3v) is 5.62. The molecule has 3 heteroatoms. The van der Waals surface area contributed by atoms with Crippen LogP contribution in [0.15, 0.2) is 134 Å². The number of hydrogen-bond acceptors (Lipinski definition) is 3. The molecule has 0 amide bonds. The summed E-state index contributed by atoms with van der Waals surface area (Å²) in [7, 11) is 0. The van der Waals surface area contributed by atoms with E-state index in [1.165, 1.54) is 0 Å². The molecule has 0 aromatic heterocycles. The highest BCUT2D eigenvalue weighted by Gasteiger charge is 2.13. The molecule has 4 rings (SSSR count). The lowest BCUT2D eigenvalue weighted by atomic mass is 10.0. The first kappa shape index (κ1) is 26.1. The number of allylic oxidation sites excluding steroid dienone is 4. The van der Waals surface area contributed by atoms with E-state index in [2.05, 4.69) is 66.1 Å². The fourth-order valence-electron chi connectivity index (χ4n) is 3.90. The van der Waals surface area contributed by atoms with Crippen LogP contribution in [-0.2, 0) is 0 Å². The minimum absolute atomic E-state index is 0.763. The minimum atomic E-state index is 0.763. The van der Waals surface area contributed by atoms with Gasteiger partial charge in [-0.15, -0.1) is 0 Å². The van der Waals surface area contributed by atoms with Gasteiger partial charge in [0.2, 0.25) is 0 Å². The van der Waals surface area contributed by atoms with Crippen molar-refractivity contribution in [2.24, 2.45) is 0 Å². The van der Waals surface area contributed by atoms with E-state index in [1.54, 1.807) is 0 Å². The average Bonchev–Trinajstić information content (AvgIpc) is 2.92. The van der Waals surface area contributed by atoms with Crippen LogP contribution < -0.4 is 16.4 Å². The standard InChI is InChI=1S/C31H29N3.C2H6/c1-3-5-29(6-4-2)34(30-19-11-25(12-20-30)23-7-15-27(32)16-8-23)31-21-13-26(14-22-31)24-9-17-28(33)18-10-24;1-2/h3-22H,1,32-33H2,2H3;1-2H3/b6-4-,29-5+;. The summed E-state index contributed by atoms with van der Waals surface area (Å²) in [5.74, 6) is 0. The molecule has 4 N–H and O–H groups in total. The molecule has 0 atom stereocenters. The smallest absolute Gasteiger partial charge is 0.0462 e. The highest BCUT2D eigenvalue weighted by Crippen LogP contribution is 2.34. The van der Waals surface area contributed by atoms with Crippen molar-refractivity contribution in [1.29, 1.82) is 0 Å². The van der Waals surface area contributed by atoms with Crippen molar-refractivity contribution in [1.82, 2.24) is 0 Å². The molecule has 0 aliphatic heterocycles. The van der Waals surface area contributed by atoms with Gasteiger partial charge in [-0.1, -0.05) is 81.1 Å². The van der Waals surface area contributed by atoms with Crippen LogP contribution in [0.4, 0.5) is 22.7 Å². The van der Waals surface area contributed by atoms with E-state index >= 15 is 0 Å². The van der Waals surface area contributed by atoms with Gasteiger partial charge in [0.25, 0.3) is 0 Å². The van der Waals surface area contributed by atoms with Crippen LogP contribution in [0, 0.1) is 0 Å². The maximum Gasteiger partial charge on any atom is 0.0462 e. The Morgan fingerprint density at radius 1 is 0.611 bits per heavy atom. The van der Waals surface area contributed by atoms with Gasteiger partial charge >= 0.3 is 0 Å². The molecule has 0 saturated carbocycles. The second-order valence-electron chi connectivity index (χ2n) is 8.00. The third kappa shape index (κ3) is 6.34. The zero-order valence-electron chi connectivity index (χ0n) is 21.4. The predicted molar refractivity (Wildman–Crippen MR) is 159 cm³/mol. The number of rotatable bonds is 7. The van der Waals surface area contributed by atoms with Crippen LogP contribution in [0.3, 0.4) is 0 Å². The molecule has 0 radical (unpaired) electrons. The van der Waals surface area contributed by atoms with Crippen LogP contribution in [0.2, 0.25) is 0 Å². The molecule has 0 aliphatic rings. The molecule has 4 aromatic rings. The number of nitrogens with two attached hydrogens (primary N) is 2. The monoisotopic (exact) mass is 473 g/mol. The Labute approximate surface area is 215 Å². The van der Waals surface area contributed by atoms with Crippen LogP contribution in [-0.4, -0.2) is 0 Å². The summed E-state index contributed by atoms with van der Waals surface area (Å²) in [6.45, 7) is 9.93. The number of hydrogen-bond donors (Lipinski definition) is 2. The predicted octanol–water partition coefficient (Wildman–Crippen LogP) is 9.00. The zero-order valence-corrected chi connectivity index (χ0v) is 21.4. The third-order valence-electron chi connectivity index (χ3n) is 5.62. The average molecular weight is 474 g/mol. The summed E-state index contributed by atoms with van der Waals surface area (Å²) in [6, 6.07) is 33.0. The minimum Gasteiger partial charge on any atom is -0.399 e. The van der Waals surface area contributed by atoms with Gasteiger partial charge in [0.15, 0.2) is 0 Å². The molecule has 0 fully saturated rings. The van der Waals surface area contributed by atoms with Gasteiger partial charge in [-0.05, 0) is 89.9 Å². The maximum absolute atomic E-state index is 5.84. The molecule has 36 heavy (non-hydrogen) atoms. The molecular weight excluding hydrogens is 438 g/mol. The first-order chi connectivity index (χ1) is 17.6. The number of benzene rings is 4. The molecule has 0 spiro atoms. The Bertz CT molecular complexity index is 1210. The summed E-state index contributed by atoms with van der Waals surface area (Å²) < 4.78 is 0. The molecule has 3 nitrogen and oxygen atoms in total. The van der Waals surface area contributed by atoms with Crippen LogP contribution >= 0.6 is 0 Å². The summed E-state index contributed by atoms with van der Waals surface area (Å²) in [5, 5.41) is 0. The van der Waals surface area contributed by atoms with Crippen LogP contribution in [0.1, 0.15) is 20.8 Å². The van der Waals surface area contributed by atoms with Crippen molar-refractivity contribution < 1.29 is 0 Å². The summed E-state index contributed by atoms with van der Waals surface area (Å²) in [4.78, 5) is 2.22. The summed E-state index contributed by atoms with van der Waals surface area (Å²) in [5.41, 5.74) is 20.9. The molecule has 182 valence electrons. The van der Waals surface area contributed by atoms with Crippen molar-refractivity contribution in [2.75, 3.05) is 16.4 Å². The lowest BCUT2D eigenvalue weighted by Crippen LogP contribution is -2.15. The van der Waals surface area contributed by atoms with E-state index in [1.807, 2.05) is 87.5 Å². The topological polar surface area (TPSA) is 55.3 Å². The second-order valence-corrected chi connectivity index (χ2v) is 8.00. The Balaban J connectivity index is 0.00000176. The fourth-order valence-corrected chi connectivity index (χ4v) is 3.90. The lowest BCUT2D eigenvalue weighted by molar-refractivity contribution is 1.21. The van der Waals surface area contributed by atoms with Gasteiger partial charge in [0.1, 0.15) is 0 Å². The summed E-state index contributed by atoms with van der Waals surface area (Å²) in [6.07, 6.45) is 7.95. The Morgan fingerprint density at radius 2 is 0.944 bits per heavy atom. The van der Waals surface area contributed by atoms with E-state index in [-0.39, 0.29) is 0 Å². The normalized spacial score (nSPS) is 11.0. The maximum atomic E-state index is 5.84. The summed E-state index contributed by atoms with van der Waals surface area (Å²) >= 11 is 0. The van der Waals surface area contributed by atoms with Gasteiger partial charge in [0.05, 0.1) is 0 Å². The number of nitrogen functional groups attached to an aromatic ring is 2. The van der Waals surface area contributed by atoms with Gasteiger partial charge < -0.3 is 16.4 Å². The van der Waals surface area contributed by atoms with Gasteiger partial charge in [-0.3, -0.25) is 0 Å². The molecule has 4 aromatic carbocycles. The Kier molecular flexibility index (Phi) is 9.30.